The van der Waals surface area contributed by atoms with Gasteiger partial charge < -0.3 is 10.5 Å². The second kappa shape index (κ2) is 4.83. The maximum Gasteiger partial charge on any atom is 0.113 e. The zero-order valence-electron chi connectivity index (χ0n) is 12.7. The van der Waals surface area contributed by atoms with Crippen LogP contribution in [0.15, 0.2) is 5.38 Å². The molecule has 2 unspecified atom stereocenters. The fourth-order valence-electron chi connectivity index (χ4n) is 2.54. The van der Waals surface area contributed by atoms with Crippen molar-refractivity contribution in [1.29, 1.82) is 0 Å². The smallest absolute Gasteiger partial charge is 0.113 e. The standard InChI is InChI=1S/C15H26N2OS/c1-6-14(5)10-15(16,7-8-18-14)12-17-11(9-19-12)13(2,3)4/h9H,6-8,10,16H2,1-5H3. The van der Waals surface area contributed by atoms with Gasteiger partial charge in [0, 0.05) is 23.8 Å². The Morgan fingerprint density at radius 1 is 1.47 bits per heavy atom. The first-order valence-corrected chi connectivity index (χ1v) is 7.96. The normalized spacial score (nSPS) is 32.5. The van der Waals surface area contributed by atoms with Crippen LogP contribution in [0.4, 0.5) is 0 Å². The Morgan fingerprint density at radius 3 is 2.68 bits per heavy atom. The van der Waals surface area contributed by atoms with Crippen LogP contribution in [0.2, 0.25) is 0 Å². The van der Waals surface area contributed by atoms with Crippen LogP contribution in [0.1, 0.15) is 64.6 Å². The van der Waals surface area contributed by atoms with E-state index in [-0.39, 0.29) is 16.6 Å². The van der Waals surface area contributed by atoms with Gasteiger partial charge in [0.25, 0.3) is 0 Å². The van der Waals surface area contributed by atoms with Gasteiger partial charge in [0.05, 0.1) is 16.8 Å². The van der Waals surface area contributed by atoms with Crippen LogP contribution >= 0.6 is 11.3 Å². The summed E-state index contributed by atoms with van der Waals surface area (Å²) in [5.41, 5.74) is 7.45. The molecule has 0 spiro atoms. The molecule has 4 heteroatoms. The lowest BCUT2D eigenvalue weighted by Gasteiger charge is -2.43. The Bertz CT molecular complexity index is 451. The molecule has 2 atom stereocenters. The Kier molecular flexibility index (Phi) is 3.80. The van der Waals surface area contributed by atoms with Crippen molar-refractivity contribution in [3.8, 4) is 0 Å². The molecule has 1 aromatic rings. The van der Waals surface area contributed by atoms with Crippen molar-refractivity contribution in [3.63, 3.8) is 0 Å². The van der Waals surface area contributed by atoms with Gasteiger partial charge in [-0.15, -0.1) is 11.3 Å². The van der Waals surface area contributed by atoms with E-state index in [4.69, 9.17) is 15.5 Å². The molecule has 0 aromatic carbocycles. The quantitative estimate of drug-likeness (QED) is 0.902. The lowest BCUT2D eigenvalue weighted by atomic mass is 9.80. The molecule has 2 rings (SSSR count). The highest BCUT2D eigenvalue weighted by molar-refractivity contribution is 7.09. The molecule has 0 radical (unpaired) electrons. The molecule has 2 N–H and O–H groups in total. The largest absolute Gasteiger partial charge is 0.375 e. The minimum absolute atomic E-state index is 0.0876. The number of nitrogens with two attached hydrogens (primary N) is 1. The van der Waals surface area contributed by atoms with E-state index in [1.165, 1.54) is 0 Å². The second-order valence-corrected chi connectivity index (χ2v) is 7.88. The molecule has 1 fully saturated rings. The van der Waals surface area contributed by atoms with E-state index >= 15 is 0 Å². The minimum Gasteiger partial charge on any atom is -0.375 e. The monoisotopic (exact) mass is 282 g/mol. The van der Waals surface area contributed by atoms with Crippen molar-refractivity contribution in [1.82, 2.24) is 4.98 Å². The van der Waals surface area contributed by atoms with E-state index in [2.05, 4.69) is 40.0 Å². The SMILES string of the molecule is CCC1(C)CC(N)(c2nc(C(C)(C)C)cs2)CCO1. The molecule has 0 bridgehead atoms. The third-order valence-corrected chi connectivity index (χ3v) is 5.20. The Balaban J connectivity index is 2.27. The van der Waals surface area contributed by atoms with E-state index in [0.29, 0.717) is 0 Å². The van der Waals surface area contributed by atoms with Crippen LogP contribution in [-0.4, -0.2) is 17.2 Å². The number of hydrogen-bond donors (Lipinski definition) is 1. The van der Waals surface area contributed by atoms with Crippen molar-refractivity contribution >= 4 is 11.3 Å². The van der Waals surface area contributed by atoms with Gasteiger partial charge in [0.15, 0.2) is 0 Å². The Labute approximate surface area is 120 Å². The molecule has 0 aliphatic carbocycles. The van der Waals surface area contributed by atoms with E-state index in [9.17, 15) is 0 Å². The summed E-state index contributed by atoms with van der Waals surface area (Å²) >= 11 is 1.70. The van der Waals surface area contributed by atoms with E-state index in [1.807, 2.05) is 0 Å². The highest BCUT2D eigenvalue weighted by Gasteiger charge is 2.43. The predicted molar refractivity (Wildman–Crippen MR) is 80.6 cm³/mol. The molecule has 1 saturated heterocycles. The summed E-state index contributed by atoms with van der Waals surface area (Å²) in [7, 11) is 0. The number of hydrogen-bond acceptors (Lipinski definition) is 4. The summed E-state index contributed by atoms with van der Waals surface area (Å²) in [6.07, 6.45) is 2.71. The van der Waals surface area contributed by atoms with Crippen molar-refractivity contribution in [2.45, 2.75) is 70.4 Å². The molecule has 1 aliphatic rings. The van der Waals surface area contributed by atoms with Gasteiger partial charge in [-0.1, -0.05) is 27.7 Å². The van der Waals surface area contributed by atoms with Crippen molar-refractivity contribution in [3.05, 3.63) is 16.1 Å². The van der Waals surface area contributed by atoms with Crippen molar-refractivity contribution < 1.29 is 4.74 Å². The van der Waals surface area contributed by atoms with Crippen molar-refractivity contribution in [2.75, 3.05) is 6.61 Å². The van der Waals surface area contributed by atoms with Gasteiger partial charge in [-0.3, -0.25) is 0 Å². The maximum absolute atomic E-state index is 6.66. The Morgan fingerprint density at radius 2 is 2.16 bits per heavy atom. The lowest BCUT2D eigenvalue weighted by molar-refractivity contribution is -0.0955. The van der Waals surface area contributed by atoms with Crippen molar-refractivity contribution in [2.24, 2.45) is 5.73 Å². The molecule has 2 heterocycles. The van der Waals surface area contributed by atoms with E-state index in [1.54, 1.807) is 11.3 Å². The van der Waals surface area contributed by atoms with Gasteiger partial charge in [-0.25, -0.2) is 4.98 Å². The fourth-order valence-corrected chi connectivity index (χ4v) is 3.73. The van der Waals surface area contributed by atoms with Crippen LogP contribution in [0.3, 0.4) is 0 Å². The third kappa shape index (κ3) is 3.01. The van der Waals surface area contributed by atoms with Gasteiger partial charge in [-0.2, -0.15) is 0 Å². The lowest BCUT2D eigenvalue weighted by Crippen LogP contribution is -2.50. The van der Waals surface area contributed by atoms with E-state index < -0.39 is 0 Å². The summed E-state index contributed by atoms with van der Waals surface area (Å²) in [5, 5.41) is 3.23. The number of thiazole rings is 1. The zero-order valence-corrected chi connectivity index (χ0v) is 13.6. The summed E-state index contributed by atoms with van der Waals surface area (Å²) in [5.74, 6) is 0. The molecule has 1 aliphatic heterocycles. The number of ether oxygens (including phenoxy) is 1. The van der Waals surface area contributed by atoms with Gasteiger partial charge in [-0.05, 0) is 19.8 Å². The molecule has 0 saturated carbocycles. The highest BCUT2D eigenvalue weighted by Crippen LogP contribution is 2.41. The first-order valence-electron chi connectivity index (χ1n) is 7.08. The molecule has 0 amide bonds. The highest BCUT2D eigenvalue weighted by atomic mass is 32.1. The molecular formula is C15H26N2OS. The number of rotatable bonds is 2. The summed E-state index contributed by atoms with van der Waals surface area (Å²) in [6, 6.07) is 0. The summed E-state index contributed by atoms with van der Waals surface area (Å²) in [4.78, 5) is 4.81. The number of aromatic nitrogens is 1. The summed E-state index contributed by atoms with van der Waals surface area (Å²) < 4.78 is 5.90. The molecule has 1 aromatic heterocycles. The fraction of sp³-hybridized carbons (Fsp3) is 0.800. The number of nitrogens with zero attached hydrogens (tertiary/aromatic N) is 1. The van der Waals surface area contributed by atoms with Crippen LogP contribution in [0, 0.1) is 0 Å². The van der Waals surface area contributed by atoms with Crippen LogP contribution in [0.25, 0.3) is 0 Å². The second-order valence-electron chi connectivity index (χ2n) is 7.02. The third-order valence-electron chi connectivity index (χ3n) is 4.13. The zero-order chi connectivity index (χ0) is 14.3. The predicted octanol–water partition coefficient (Wildman–Crippen LogP) is 3.57. The molecule has 19 heavy (non-hydrogen) atoms. The van der Waals surface area contributed by atoms with Gasteiger partial charge in [0.1, 0.15) is 5.01 Å². The molecule has 108 valence electrons. The molecule has 3 nitrogen and oxygen atoms in total. The summed E-state index contributed by atoms with van der Waals surface area (Å²) in [6.45, 7) is 11.6. The molecular weight excluding hydrogens is 256 g/mol. The average Bonchev–Trinajstić information content (AvgIpc) is 2.78. The van der Waals surface area contributed by atoms with Gasteiger partial charge >= 0.3 is 0 Å². The maximum atomic E-state index is 6.66. The first-order chi connectivity index (χ1) is 8.69. The van der Waals surface area contributed by atoms with E-state index in [0.717, 1.165) is 36.6 Å². The average molecular weight is 282 g/mol. The van der Waals surface area contributed by atoms with Gasteiger partial charge in [0.2, 0.25) is 0 Å². The Hall–Kier alpha value is -0.450. The minimum atomic E-state index is -0.322. The van der Waals surface area contributed by atoms with Crippen LogP contribution in [-0.2, 0) is 15.7 Å². The topological polar surface area (TPSA) is 48.1 Å². The van der Waals surface area contributed by atoms with Crippen LogP contribution in [0.5, 0.6) is 0 Å². The van der Waals surface area contributed by atoms with Crippen LogP contribution < -0.4 is 5.73 Å². The first kappa shape index (κ1) is 14.9.